The van der Waals surface area contributed by atoms with Gasteiger partial charge in [-0.25, -0.2) is 0 Å². The molecule has 82 valence electrons. The van der Waals surface area contributed by atoms with Crippen LogP contribution in [0.5, 0.6) is 0 Å². The second kappa shape index (κ2) is 5.38. The highest BCUT2D eigenvalue weighted by Crippen LogP contribution is 2.25. The van der Waals surface area contributed by atoms with Gasteiger partial charge in [0, 0.05) is 23.9 Å². The highest BCUT2D eigenvalue weighted by molar-refractivity contribution is 8.00. The minimum absolute atomic E-state index is 0.662. The van der Waals surface area contributed by atoms with E-state index in [-0.39, 0.29) is 0 Å². The Balaban J connectivity index is 1.67. The molecule has 3 unspecified atom stereocenters. The molecule has 0 aromatic rings. The molecule has 0 radical (unpaired) electrons. The van der Waals surface area contributed by atoms with Crippen LogP contribution in [0.3, 0.4) is 0 Å². The van der Waals surface area contributed by atoms with E-state index in [1.807, 2.05) is 0 Å². The monoisotopic (exact) mass is 214 g/mol. The average Bonchev–Trinajstić information content (AvgIpc) is 2.69. The first-order chi connectivity index (χ1) is 6.86. The Labute approximate surface area is 91.6 Å². The van der Waals surface area contributed by atoms with E-state index in [1.54, 1.807) is 0 Å². The molecule has 0 aromatic carbocycles. The number of rotatable bonds is 3. The highest BCUT2D eigenvalue weighted by atomic mass is 32.2. The van der Waals surface area contributed by atoms with Crippen LogP contribution < -0.4 is 10.6 Å². The molecule has 0 bridgehead atoms. The Morgan fingerprint density at radius 3 is 3.00 bits per heavy atom. The van der Waals surface area contributed by atoms with Gasteiger partial charge in [-0.2, -0.15) is 11.8 Å². The van der Waals surface area contributed by atoms with E-state index < -0.39 is 0 Å². The van der Waals surface area contributed by atoms with E-state index in [9.17, 15) is 0 Å². The Hall–Kier alpha value is 0.270. The van der Waals surface area contributed by atoms with Crippen molar-refractivity contribution < 1.29 is 0 Å². The lowest BCUT2D eigenvalue weighted by Gasteiger charge is -2.31. The molecule has 3 atom stereocenters. The Morgan fingerprint density at radius 2 is 2.29 bits per heavy atom. The summed E-state index contributed by atoms with van der Waals surface area (Å²) in [6, 6.07) is 1.38. The molecular formula is C11H22N2S. The van der Waals surface area contributed by atoms with Crippen LogP contribution >= 0.6 is 11.8 Å². The fourth-order valence-electron chi connectivity index (χ4n) is 2.41. The van der Waals surface area contributed by atoms with Crippen LogP contribution in [0.4, 0.5) is 0 Å². The zero-order chi connectivity index (χ0) is 9.80. The van der Waals surface area contributed by atoms with Gasteiger partial charge in [0.2, 0.25) is 0 Å². The summed E-state index contributed by atoms with van der Waals surface area (Å²) in [6.07, 6.45) is 5.53. The number of hydrogen-bond donors (Lipinski definition) is 2. The van der Waals surface area contributed by atoms with Crippen LogP contribution in [0.1, 0.15) is 32.6 Å². The van der Waals surface area contributed by atoms with Gasteiger partial charge in [-0.1, -0.05) is 0 Å². The first kappa shape index (κ1) is 10.8. The second-order valence-electron chi connectivity index (χ2n) is 4.53. The molecule has 14 heavy (non-hydrogen) atoms. The van der Waals surface area contributed by atoms with Crippen molar-refractivity contribution in [2.24, 2.45) is 0 Å². The standard InChI is InChI=1S/C11H22N2S/c1-9-11(5-2-6-12-9)13-8-10-4-3-7-14-10/h9-13H,2-8H2,1H3. The second-order valence-corrected chi connectivity index (χ2v) is 5.94. The Bertz CT molecular complexity index is 169. The highest BCUT2D eigenvalue weighted by Gasteiger charge is 2.22. The molecule has 2 saturated heterocycles. The number of hydrogen-bond acceptors (Lipinski definition) is 3. The van der Waals surface area contributed by atoms with Crippen LogP contribution in [0.25, 0.3) is 0 Å². The summed E-state index contributed by atoms with van der Waals surface area (Å²) < 4.78 is 0. The van der Waals surface area contributed by atoms with Crippen molar-refractivity contribution in [2.45, 2.75) is 49.9 Å². The third kappa shape index (κ3) is 2.88. The van der Waals surface area contributed by atoms with Gasteiger partial charge < -0.3 is 10.6 Å². The fourth-order valence-corrected chi connectivity index (χ4v) is 3.63. The van der Waals surface area contributed by atoms with Crippen LogP contribution in [-0.4, -0.2) is 36.2 Å². The summed E-state index contributed by atoms with van der Waals surface area (Å²) in [4.78, 5) is 0. The van der Waals surface area contributed by atoms with Crippen molar-refractivity contribution in [2.75, 3.05) is 18.8 Å². The van der Waals surface area contributed by atoms with Gasteiger partial charge in [0.1, 0.15) is 0 Å². The largest absolute Gasteiger partial charge is 0.313 e. The van der Waals surface area contributed by atoms with Crippen molar-refractivity contribution in [1.82, 2.24) is 10.6 Å². The Morgan fingerprint density at radius 1 is 1.36 bits per heavy atom. The van der Waals surface area contributed by atoms with Crippen LogP contribution in [0, 0.1) is 0 Å². The zero-order valence-electron chi connectivity index (χ0n) is 9.09. The quantitative estimate of drug-likeness (QED) is 0.746. The smallest absolute Gasteiger partial charge is 0.0219 e. The SMILES string of the molecule is CC1NCCCC1NCC1CCCS1. The summed E-state index contributed by atoms with van der Waals surface area (Å²) in [6.45, 7) is 4.73. The minimum Gasteiger partial charge on any atom is -0.313 e. The van der Waals surface area contributed by atoms with Gasteiger partial charge in [0.05, 0.1) is 0 Å². The van der Waals surface area contributed by atoms with E-state index in [1.165, 1.54) is 44.5 Å². The maximum Gasteiger partial charge on any atom is 0.0219 e. The summed E-state index contributed by atoms with van der Waals surface area (Å²) in [5.41, 5.74) is 0. The molecule has 2 aliphatic rings. The van der Waals surface area contributed by atoms with Gasteiger partial charge in [-0.3, -0.25) is 0 Å². The van der Waals surface area contributed by atoms with Crippen molar-refractivity contribution in [3.8, 4) is 0 Å². The fraction of sp³-hybridized carbons (Fsp3) is 1.00. The molecule has 2 N–H and O–H groups in total. The molecule has 0 saturated carbocycles. The number of piperidine rings is 1. The molecule has 2 aliphatic heterocycles. The van der Waals surface area contributed by atoms with Gasteiger partial charge >= 0.3 is 0 Å². The third-order valence-electron chi connectivity index (χ3n) is 3.39. The number of thioether (sulfide) groups is 1. The Kier molecular flexibility index (Phi) is 4.14. The van der Waals surface area contributed by atoms with Gasteiger partial charge in [0.25, 0.3) is 0 Å². The summed E-state index contributed by atoms with van der Waals surface area (Å²) in [5.74, 6) is 1.38. The maximum atomic E-state index is 3.73. The number of nitrogens with one attached hydrogen (secondary N) is 2. The average molecular weight is 214 g/mol. The van der Waals surface area contributed by atoms with Crippen molar-refractivity contribution in [3.63, 3.8) is 0 Å². The summed E-state index contributed by atoms with van der Waals surface area (Å²) >= 11 is 2.15. The van der Waals surface area contributed by atoms with E-state index in [4.69, 9.17) is 0 Å². The van der Waals surface area contributed by atoms with E-state index in [0.717, 1.165) is 5.25 Å². The maximum absolute atomic E-state index is 3.73. The van der Waals surface area contributed by atoms with Crippen LogP contribution in [-0.2, 0) is 0 Å². The molecule has 0 spiro atoms. The summed E-state index contributed by atoms with van der Waals surface area (Å²) in [7, 11) is 0. The molecule has 0 amide bonds. The van der Waals surface area contributed by atoms with Crippen molar-refractivity contribution >= 4 is 11.8 Å². The van der Waals surface area contributed by atoms with Crippen molar-refractivity contribution in [3.05, 3.63) is 0 Å². The van der Waals surface area contributed by atoms with E-state index in [0.29, 0.717) is 12.1 Å². The van der Waals surface area contributed by atoms with Gasteiger partial charge in [-0.15, -0.1) is 0 Å². The molecule has 3 heteroatoms. The normalized spacial score (nSPS) is 38.8. The first-order valence-corrected chi connectivity index (χ1v) is 6.99. The molecule has 2 rings (SSSR count). The lowest BCUT2D eigenvalue weighted by atomic mass is 10.00. The van der Waals surface area contributed by atoms with Crippen molar-refractivity contribution in [1.29, 1.82) is 0 Å². The van der Waals surface area contributed by atoms with Gasteiger partial charge in [0.15, 0.2) is 0 Å². The first-order valence-electron chi connectivity index (χ1n) is 5.94. The predicted octanol–water partition coefficient (Wildman–Crippen LogP) is 1.61. The molecule has 2 heterocycles. The van der Waals surface area contributed by atoms with E-state index >= 15 is 0 Å². The molecule has 2 fully saturated rings. The molecule has 2 nitrogen and oxygen atoms in total. The topological polar surface area (TPSA) is 24.1 Å². The zero-order valence-corrected chi connectivity index (χ0v) is 9.91. The lowest BCUT2D eigenvalue weighted by molar-refractivity contribution is 0.317. The lowest BCUT2D eigenvalue weighted by Crippen LogP contribution is -2.51. The molecular weight excluding hydrogens is 192 g/mol. The third-order valence-corrected chi connectivity index (χ3v) is 4.79. The minimum atomic E-state index is 0.662. The predicted molar refractivity (Wildman–Crippen MR) is 64.0 cm³/mol. The van der Waals surface area contributed by atoms with E-state index in [2.05, 4.69) is 29.3 Å². The van der Waals surface area contributed by atoms with Gasteiger partial charge in [-0.05, 0) is 44.9 Å². The molecule has 0 aliphatic carbocycles. The van der Waals surface area contributed by atoms with Crippen LogP contribution in [0.2, 0.25) is 0 Å². The van der Waals surface area contributed by atoms with Crippen LogP contribution in [0.15, 0.2) is 0 Å². The summed E-state index contributed by atoms with van der Waals surface area (Å²) in [5, 5.41) is 8.16. The molecule has 0 aromatic heterocycles.